The monoisotopic (exact) mass is 301 g/mol. The smallest absolute Gasteiger partial charge is 0.333 e. The van der Waals surface area contributed by atoms with Gasteiger partial charge in [-0.15, -0.1) is 10.2 Å². The first-order chi connectivity index (χ1) is 10.6. The van der Waals surface area contributed by atoms with Gasteiger partial charge >= 0.3 is 5.97 Å². The van der Waals surface area contributed by atoms with Crippen molar-refractivity contribution in [3.63, 3.8) is 0 Å². The van der Waals surface area contributed by atoms with Gasteiger partial charge in [-0.25, -0.2) is 4.79 Å². The van der Waals surface area contributed by atoms with Gasteiger partial charge in [0.05, 0.1) is 17.5 Å². The van der Waals surface area contributed by atoms with Crippen LogP contribution in [-0.2, 0) is 16.1 Å². The molecular weight excluding hydrogens is 290 g/mol. The molecule has 3 rings (SSSR count). The molecule has 0 saturated heterocycles. The van der Waals surface area contributed by atoms with Gasteiger partial charge in [0.1, 0.15) is 0 Å². The van der Waals surface area contributed by atoms with Crippen molar-refractivity contribution in [1.29, 1.82) is 0 Å². The Balaban J connectivity index is 1.63. The van der Waals surface area contributed by atoms with E-state index in [1.807, 2.05) is 0 Å². The maximum Gasteiger partial charge on any atom is 0.333 e. The molecule has 1 aliphatic heterocycles. The molecule has 2 amide bonds. The average molecular weight is 301 g/mol. The van der Waals surface area contributed by atoms with Crippen LogP contribution in [0, 0.1) is 6.92 Å². The molecule has 2 heterocycles. The lowest BCUT2D eigenvalue weighted by Gasteiger charge is -2.12. The van der Waals surface area contributed by atoms with Crippen LogP contribution in [0.15, 0.2) is 28.7 Å². The number of hydroxylamine groups is 2. The van der Waals surface area contributed by atoms with Gasteiger partial charge in [0, 0.05) is 13.3 Å². The maximum atomic E-state index is 12.0. The van der Waals surface area contributed by atoms with Crippen molar-refractivity contribution in [3.8, 4) is 0 Å². The summed E-state index contributed by atoms with van der Waals surface area (Å²) in [5, 5.41) is 7.85. The first-order valence-electron chi connectivity index (χ1n) is 6.54. The van der Waals surface area contributed by atoms with E-state index < -0.39 is 17.8 Å². The van der Waals surface area contributed by atoms with Gasteiger partial charge in [0.2, 0.25) is 11.8 Å². The number of imide groups is 1. The number of carbonyl (C=O) groups is 3. The number of benzene rings is 1. The molecule has 0 aliphatic carbocycles. The minimum Gasteiger partial charge on any atom is -0.426 e. The van der Waals surface area contributed by atoms with Crippen LogP contribution >= 0.6 is 0 Å². The van der Waals surface area contributed by atoms with Crippen LogP contribution in [0.25, 0.3) is 0 Å². The second kappa shape index (κ2) is 5.40. The molecule has 0 bridgehead atoms. The normalized spacial score (nSPS) is 13.4. The fraction of sp³-hybridized carbons (Fsp3) is 0.214. The zero-order valence-electron chi connectivity index (χ0n) is 11.6. The third kappa shape index (κ3) is 2.46. The molecule has 0 fully saturated rings. The number of hydrogen-bond acceptors (Lipinski definition) is 7. The topological polar surface area (TPSA) is 103 Å². The van der Waals surface area contributed by atoms with Crippen molar-refractivity contribution < 1.29 is 23.6 Å². The molecule has 112 valence electrons. The van der Waals surface area contributed by atoms with Crippen molar-refractivity contribution in [2.45, 2.75) is 19.8 Å². The second-order valence-corrected chi connectivity index (χ2v) is 4.63. The zero-order valence-corrected chi connectivity index (χ0v) is 11.6. The first-order valence-corrected chi connectivity index (χ1v) is 6.54. The van der Waals surface area contributed by atoms with Crippen LogP contribution < -0.4 is 0 Å². The van der Waals surface area contributed by atoms with Crippen molar-refractivity contribution in [2.75, 3.05) is 0 Å². The second-order valence-electron chi connectivity index (χ2n) is 4.63. The quantitative estimate of drug-likeness (QED) is 0.778. The molecule has 0 unspecified atom stereocenters. The van der Waals surface area contributed by atoms with Crippen LogP contribution in [0.2, 0.25) is 0 Å². The molecule has 0 radical (unpaired) electrons. The molecule has 0 atom stereocenters. The summed E-state index contributed by atoms with van der Waals surface area (Å²) in [4.78, 5) is 40.6. The number of aryl methyl sites for hydroxylation is 2. The summed E-state index contributed by atoms with van der Waals surface area (Å²) >= 11 is 0. The molecule has 1 aliphatic rings. The van der Waals surface area contributed by atoms with Gasteiger partial charge in [0.15, 0.2) is 0 Å². The molecule has 0 spiro atoms. The molecule has 2 aromatic rings. The summed E-state index contributed by atoms with van der Waals surface area (Å²) in [6, 6.07) is 6.27. The van der Waals surface area contributed by atoms with Gasteiger partial charge in [-0.3, -0.25) is 9.59 Å². The summed E-state index contributed by atoms with van der Waals surface area (Å²) in [7, 11) is 0. The van der Waals surface area contributed by atoms with Gasteiger partial charge in [-0.05, 0) is 12.1 Å². The summed E-state index contributed by atoms with van der Waals surface area (Å²) in [5.74, 6) is -1.35. The van der Waals surface area contributed by atoms with Gasteiger partial charge < -0.3 is 9.25 Å². The standard InChI is InChI=1S/C14H11N3O5/c1-8-15-16-11(21-8)6-7-12(18)22-17-13(19)9-4-2-3-5-10(9)14(17)20/h2-5H,6-7H2,1H3. The number of aromatic nitrogens is 2. The van der Waals surface area contributed by atoms with Crippen LogP contribution in [0.1, 0.15) is 38.9 Å². The van der Waals surface area contributed by atoms with Crippen LogP contribution in [0.4, 0.5) is 0 Å². The molecule has 8 heteroatoms. The van der Waals surface area contributed by atoms with E-state index in [0.29, 0.717) is 11.0 Å². The third-order valence-electron chi connectivity index (χ3n) is 3.06. The maximum absolute atomic E-state index is 12.0. The summed E-state index contributed by atoms with van der Waals surface area (Å²) in [6.45, 7) is 1.63. The molecular formula is C14H11N3O5. The van der Waals surface area contributed by atoms with E-state index in [1.165, 1.54) is 12.1 Å². The Morgan fingerprint density at radius 1 is 1.18 bits per heavy atom. The molecule has 1 aromatic carbocycles. The molecule has 1 aromatic heterocycles. The fourth-order valence-corrected chi connectivity index (χ4v) is 2.05. The predicted octanol–water partition coefficient (Wildman–Crippen LogP) is 1.07. The van der Waals surface area contributed by atoms with E-state index in [0.717, 1.165) is 0 Å². The van der Waals surface area contributed by atoms with Crippen LogP contribution in [-0.4, -0.2) is 33.0 Å². The van der Waals surface area contributed by atoms with Gasteiger partial charge in [-0.2, -0.15) is 0 Å². The number of rotatable bonds is 4. The molecule has 0 saturated carbocycles. The largest absolute Gasteiger partial charge is 0.426 e. The number of nitrogens with zero attached hydrogens (tertiary/aromatic N) is 3. The van der Waals surface area contributed by atoms with E-state index in [2.05, 4.69) is 10.2 Å². The lowest BCUT2D eigenvalue weighted by molar-refractivity contribution is -0.168. The van der Waals surface area contributed by atoms with E-state index in [9.17, 15) is 14.4 Å². The summed E-state index contributed by atoms with van der Waals surface area (Å²) in [6.07, 6.45) is 0.0812. The number of fused-ring (bicyclic) bond motifs is 1. The highest BCUT2D eigenvalue weighted by molar-refractivity contribution is 6.20. The van der Waals surface area contributed by atoms with Crippen molar-refractivity contribution in [1.82, 2.24) is 15.3 Å². The van der Waals surface area contributed by atoms with Crippen molar-refractivity contribution in [2.24, 2.45) is 0 Å². The van der Waals surface area contributed by atoms with Gasteiger partial charge in [0.25, 0.3) is 11.8 Å². The lowest BCUT2D eigenvalue weighted by atomic mass is 10.1. The van der Waals surface area contributed by atoms with E-state index in [1.54, 1.807) is 19.1 Å². The highest BCUT2D eigenvalue weighted by atomic mass is 16.7. The molecule has 0 N–H and O–H groups in total. The SMILES string of the molecule is Cc1nnc(CCC(=O)ON2C(=O)c3ccccc3C2=O)o1. The number of hydrogen-bond donors (Lipinski definition) is 0. The highest BCUT2D eigenvalue weighted by Gasteiger charge is 2.38. The highest BCUT2D eigenvalue weighted by Crippen LogP contribution is 2.22. The Hall–Kier alpha value is -3.03. The average Bonchev–Trinajstić information content (AvgIpc) is 3.03. The third-order valence-corrected chi connectivity index (χ3v) is 3.06. The van der Waals surface area contributed by atoms with E-state index in [4.69, 9.17) is 9.25 Å². The summed E-state index contributed by atoms with van der Waals surface area (Å²) in [5.41, 5.74) is 0.431. The number of amides is 2. The minimum absolute atomic E-state index is 0.0883. The lowest BCUT2D eigenvalue weighted by Crippen LogP contribution is -2.32. The Morgan fingerprint density at radius 3 is 2.36 bits per heavy atom. The minimum atomic E-state index is -0.731. The van der Waals surface area contributed by atoms with Crippen LogP contribution in [0.5, 0.6) is 0 Å². The zero-order chi connectivity index (χ0) is 15.7. The Labute approximate surface area is 124 Å². The summed E-state index contributed by atoms with van der Waals surface area (Å²) < 4.78 is 5.12. The number of carbonyl (C=O) groups excluding carboxylic acids is 3. The van der Waals surface area contributed by atoms with E-state index in [-0.39, 0.29) is 29.9 Å². The Bertz CT molecular complexity index is 732. The Kier molecular flexibility index (Phi) is 3.42. The first kappa shape index (κ1) is 13.9. The fourth-order valence-electron chi connectivity index (χ4n) is 2.05. The molecule has 22 heavy (non-hydrogen) atoms. The van der Waals surface area contributed by atoms with Crippen LogP contribution in [0.3, 0.4) is 0 Å². The molecule has 8 nitrogen and oxygen atoms in total. The van der Waals surface area contributed by atoms with Crippen molar-refractivity contribution >= 4 is 17.8 Å². The Morgan fingerprint density at radius 2 is 1.82 bits per heavy atom. The van der Waals surface area contributed by atoms with E-state index >= 15 is 0 Å². The van der Waals surface area contributed by atoms with Gasteiger partial charge in [-0.1, -0.05) is 17.2 Å². The van der Waals surface area contributed by atoms with Crippen molar-refractivity contribution in [3.05, 3.63) is 47.2 Å². The predicted molar refractivity (Wildman–Crippen MR) is 70.4 cm³/mol.